The van der Waals surface area contributed by atoms with Crippen molar-refractivity contribution in [2.45, 2.75) is 18.9 Å². The fourth-order valence-electron chi connectivity index (χ4n) is 3.76. The molecule has 0 amide bonds. The van der Waals surface area contributed by atoms with Crippen molar-refractivity contribution in [3.63, 3.8) is 0 Å². The van der Waals surface area contributed by atoms with E-state index in [1.165, 1.54) is 20.0 Å². The number of carbonyl (C=O) groups is 1. The summed E-state index contributed by atoms with van der Waals surface area (Å²) < 4.78 is 4.62. The molecule has 2 fully saturated rings. The summed E-state index contributed by atoms with van der Waals surface area (Å²) in [7, 11) is 1.33. The molecule has 8 heteroatoms. The van der Waals surface area contributed by atoms with Gasteiger partial charge in [0.25, 0.3) is 0 Å². The summed E-state index contributed by atoms with van der Waals surface area (Å²) in [5.74, 6) is -0.380. The molecule has 1 aromatic carbocycles. The third-order valence-corrected chi connectivity index (χ3v) is 5.30. The molecule has 2 aliphatic rings. The first-order valence-corrected chi connectivity index (χ1v) is 9.43. The van der Waals surface area contributed by atoms with Gasteiger partial charge in [0.15, 0.2) is 0 Å². The van der Waals surface area contributed by atoms with E-state index in [0.29, 0.717) is 17.4 Å². The van der Waals surface area contributed by atoms with Crippen molar-refractivity contribution in [2.24, 2.45) is 4.99 Å². The van der Waals surface area contributed by atoms with Crippen molar-refractivity contribution in [3.05, 3.63) is 18.2 Å². The Balaban J connectivity index is 1.63. The van der Waals surface area contributed by atoms with E-state index < -0.39 is 0 Å². The van der Waals surface area contributed by atoms with Crippen molar-refractivity contribution in [1.29, 1.82) is 0 Å². The van der Waals surface area contributed by atoms with Crippen LogP contribution in [0.1, 0.15) is 12.8 Å². The van der Waals surface area contributed by atoms with Gasteiger partial charge in [-0.3, -0.25) is 9.69 Å². The van der Waals surface area contributed by atoms with Crippen molar-refractivity contribution < 1.29 is 14.3 Å². The van der Waals surface area contributed by atoms with Gasteiger partial charge < -0.3 is 20.3 Å². The van der Waals surface area contributed by atoms with Gasteiger partial charge in [-0.2, -0.15) is 4.99 Å². The van der Waals surface area contributed by atoms with Gasteiger partial charge in [-0.15, -0.1) is 0 Å². The molecule has 0 spiro atoms. The Morgan fingerprint density at radius 1 is 1.30 bits per heavy atom. The van der Waals surface area contributed by atoms with Gasteiger partial charge >= 0.3 is 5.97 Å². The van der Waals surface area contributed by atoms with Crippen LogP contribution < -0.4 is 15.5 Å². The smallest absolute Gasteiger partial charge is 0.325 e. The third kappa shape index (κ3) is 5.07. The number of anilines is 2. The number of nitrogens with one attached hydrogen (secondary N) is 2. The van der Waals surface area contributed by atoms with E-state index in [4.69, 9.17) is 0 Å². The van der Waals surface area contributed by atoms with E-state index in [2.05, 4.69) is 30.2 Å². The number of benzene rings is 1. The molecule has 146 valence electrons. The van der Waals surface area contributed by atoms with Gasteiger partial charge in [-0.05, 0) is 44.1 Å². The molecule has 1 aromatic rings. The number of aliphatic imine (C=N–C) groups is 1. The molecule has 2 N–H and O–H groups in total. The number of methoxy groups -OCH3 is 1. The molecule has 8 nitrogen and oxygen atoms in total. The fourth-order valence-corrected chi connectivity index (χ4v) is 3.76. The maximum absolute atomic E-state index is 11.3. The Kier molecular flexibility index (Phi) is 6.81. The fraction of sp³-hybridized carbons (Fsp3) is 0.579. The lowest BCUT2D eigenvalue weighted by Crippen LogP contribution is -2.52. The maximum atomic E-state index is 11.3. The van der Waals surface area contributed by atoms with Crippen LogP contribution in [0.3, 0.4) is 0 Å². The number of isocyanates is 1. The molecule has 2 aliphatic heterocycles. The molecular formula is C19H27N5O3. The highest BCUT2D eigenvalue weighted by Gasteiger charge is 2.25. The number of carbonyl (C=O) groups excluding carboxylic acids is 2. The molecule has 0 bridgehead atoms. The lowest BCUT2D eigenvalue weighted by atomic mass is 10.0. The van der Waals surface area contributed by atoms with Crippen LogP contribution in [0.15, 0.2) is 23.2 Å². The topological polar surface area (TPSA) is 86.3 Å². The lowest BCUT2D eigenvalue weighted by molar-refractivity contribution is -0.138. The van der Waals surface area contributed by atoms with E-state index in [1.807, 2.05) is 18.2 Å². The summed E-state index contributed by atoms with van der Waals surface area (Å²) in [4.78, 5) is 30.8. The largest absolute Gasteiger partial charge is 0.468 e. The quantitative estimate of drug-likeness (QED) is 0.439. The highest BCUT2D eigenvalue weighted by molar-refractivity contribution is 5.79. The van der Waals surface area contributed by atoms with Gasteiger partial charge in [-0.25, -0.2) is 4.79 Å². The molecule has 27 heavy (non-hydrogen) atoms. The average molecular weight is 373 g/mol. The molecule has 0 aliphatic carbocycles. The second kappa shape index (κ2) is 9.50. The predicted octanol–water partition coefficient (Wildman–Crippen LogP) is 1.11. The van der Waals surface area contributed by atoms with Crippen LogP contribution in [0.5, 0.6) is 0 Å². The number of piperazine rings is 1. The number of esters is 1. The van der Waals surface area contributed by atoms with Crippen LogP contribution in [0.4, 0.5) is 17.1 Å². The first-order chi connectivity index (χ1) is 13.2. The van der Waals surface area contributed by atoms with Crippen LogP contribution >= 0.6 is 0 Å². The SMILES string of the molecule is COC(=O)CNc1ccc(N2CCN(C3CCNCC3)CC2)cc1N=C=O. The highest BCUT2D eigenvalue weighted by atomic mass is 16.5. The number of nitrogens with zero attached hydrogens (tertiary/aromatic N) is 3. The summed E-state index contributed by atoms with van der Waals surface area (Å²) in [6.07, 6.45) is 4.03. The summed E-state index contributed by atoms with van der Waals surface area (Å²) >= 11 is 0. The number of hydrogen-bond acceptors (Lipinski definition) is 8. The minimum absolute atomic E-state index is 0.0200. The standard InChI is InChI=1S/C19H27N5O3/c1-27-19(26)13-21-17-3-2-16(12-18(17)22-14-25)24-10-8-23(9-11-24)15-4-6-20-7-5-15/h2-3,12,15,20-21H,4-11,13H2,1H3. The summed E-state index contributed by atoms with van der Waals surface area (Å²) in [6, 6.07) is 6.38. The van der Waals surface area contributed by atoms with Crippen LogP contribution in [0.2, 0.25) is 0 Å². The Labute approximate surface area is 159 Å². The van der Waals surface area contributed by atoms with E-state index in [-0.39, 0.29) is 12.5 Å². The molecule has 0 unspecified atom stereocenters. The van der Waals surface area contributed by atoms with Crippen LogP contribution in [-0.4, -0.2) is 75.9 Å². The number of piperidine rings is 1. The summed E-state index contributed by atoms with van der Waals surface area (Å²) in [6.45, 7) is 6.22. The van der Waals surface area contributed by atoms with Gasteiger partial charge in [0.1, 0.15) is 12.2 Å². The number of rotatable bonds is 6. The second-order valence-corrected chi connectivity index (χ2v) is 6.84. The molecule has 0 atom stereocenters. The van der Waals surface area contributed by atoms with Gasteiger partial charge in [0.05, 0.1) is 12.8 Å². The van der Waals surface area contributed by atoms with E-state index in [9.17, 15) is 9.59 Å². The monoisotopic (exact) mass is 373 g/mol. The van der Waals surface area contributed by atoms with Crippen molar-refractivity contribution >= 4 is 29.1 Å². The lowest BCUT2D eigenvalue weighted by Gasteiger charge is -2.41. The van der Waals surface area contributed by atoms with Crippen LogP contribution in [0, 0.1) is 0 Å². The Morgan fingerprint density at radius 2 is 2.04 bits per heavy atom. The van der Waals surface area contributed by atoms with Crippen LogP contribution in [-0.2, 0) is 14.3 Å². The summed E-state index contributed by atoms with van der Waals surface area (Å²) in [5.41, 5.74) is 2.12. The Bertz CT molecular complexity index is 691. The Hall–Kier alpha value is -2.41. The van der Waals surface area contributed by atoms with Crippen molar-refractivity contribution in [2.75, 3.05) is 63.1 Å². The van der Waals surface area contributed by atoms with E-state index >= 15 is 0 Å². The van der Waals surface area contributed by atoms with Gasteiger partial charge in [-0.1, -0.05) is 0 Å². The zero-order chi connectivity index (χ0) is 19.1. The van der Waals surface area contributed by atoms with E-state index in [0.717, 1.165) is 45.0 Å². The highest BCUT2D eigenvalue weighted by Crippen LogP contribution is 2.31. The molecule has 0 saturated carbocycles. The van der Waals surface area contributed by atoms with Gasteiger partial charge in [0.2, 0.25) is 6.08 Å². The van der Waals surface area contributed by atoms with E-state index in [1.54, 1.807) is 6.08 Å². The number of hydrogen-bond donors (Lipinski definition) is 2. The molecule has 3 rings (SSSR count). The first-order valence-electron chi connectivity index (χ1n) is 9.43. The zero-order valence-electron chi connectivity index (χ0n) is 15.7. The van der Waals surface area contributed by atoms with Crippen molar-refractivity contribution in [1.82, 2.24) is 10.2 Å². The third-order valence-electron chi connectivity index (χ3n) is 5.30. The predicted molar refractivity (Wildman–Crippen MR) is 104 cm³/mol. The van der Waals surface area contributed by atoms with Crippen LogP contribution in [0.25, 0.3) is 0 Å². The maximum Gasteiger partial charge on any atom is 0.325 e. The molecule has 2 saturated heterocycles. The second-order valence-electron chi connectivity index (χ2n) is 6.84. The molecule has 2 heterocycles. The first kappa shape index (κ1) is 19.4. The molecule has 0 aromatic heterocycles. The average Bonchev–Trinajstić information content (AvgIpc) is 2.73. The minimum atomic E-state index is -0.380. The Morgan fingerprint density at radius 3 is 2.70 bits per heavy atom. The zero-order valence-corrected chi connectivity index (χ0v) is 15.7. The minimum Gasteiger partial charge on any atom is -0.468 e. The van der Waals surface area contributed by atoms with Gasteiger partial charge in [0, 0.05) is 37.9 Å². The molecular weight excluding hydrogens is 346 g/mol. The number of ether oxygens (including phenoxy) is 1. The summed E-state index contributed by atoms with van der Waals surface area (Å²) in [5, 5.41) is 6.37. The normalized spacial score (nSPS) is 18.6. The molecule has 0 radical (unpaired) electrons. The van der Waals surface area contributed by atoms with Crippen molar-refractivity contribution in [3.8, 4) is 0 Å².